The highest BCUT2D eigenvalue weighted by molar-refractivity contribution is 7.90. The molecule has 3 saturated heterocycles. The number of piperazine rings is 1. The van der Waals surface area contributed by atoms with Crippen molar-refractivity contribution in [1.82, 2.24) is 19.1 Å². The van der Waals surface area contributed by atoms with E-state index in [1.807, 2.05) is 19.9 Å². The highest BCUT2D eigenvalue weighted by atomic mass is 32.2. The number of nitrogens with one attached hydrogen (secondary N) is 1. The second-order valence-electron chi connectivity index (χ2n) is 16.6. The third-order valence-electron chi connectivity index (χ3n) is 12.6. The fourth-order valence-electron chi connectivity index (χ4n) is 10.4. The van der Waals surface area contributed by atoms with Crippen LogP contribution in [0.2, 0.25) is 0 Å². The summed E-state index contributed by atoms with van der Waals surface area (Å²) in [4.78, 5) is 33.5. The summed E-state index contributed by atoms with van der Waals surface area (Å²) in [6.07, 6.45) is 11.7. The maximum Gasteiger partial charge on any atom is 0.265 e. The van der Waals surface area contributed by atoms with E-state index in [9.17, 15) is 18.0 Å². The van der Waals surface area contributed by atoms with E-state index in [-0.39, 0.29) is 41.5 Å². The van der Waals surface area contributed by atoms with Gasteiger partial charge in [-0.15, -0.1) is 0 Å². The number of methoxy groups -OCH3 is 1. The molecule has 1 aromatic heterocycles. The van der Waals surface area contributed by atoms with E-state index in [4.69, 9.17) is 4.74 Å². The Morgan fingerprint density at radius 3 is 2.47 bits per heavy atom. The van der Waals surface area contributed by atoms with Crippen molar-refractivity contribution in [3.05, 3.63) is 99.8 Å². The minimum atomic E-state index is -3.81. The van der Waals surface area contributed by atoms with Crippen LogP contribution in [0, 0.1) is 11.8 Å². The van der Waals surface area contributed by atoms with Gasteiger partial charge in [-0.05, 0) is 77.5 Å². The van der Waals surface area contributed by atoms with Gasteiger partial charge in [0.05, 0.1) is 29.9 Å². The number of fused-ring (bicyclic) bond motifs is 8. The zero-order chi connectivity index (χ0) is 36.6. The van der Waals surface area contributed by atoms with E-state index >= 15 is 0 Å². The number of hydrogen-bond donors (Lipinski definition) is 1. The fraction of sp³-hybridized carbons (Fsp3) is 0.488. The first-order chi connectivity index (χ1) is 25.6. The van der Waals surface area contributed by atoms with E-state index in [1.165, 1.54) is 30.4 Å². The fourth-order valence-corrected chi connectivity index (χ4v) is 11.7. The van der Waals surface area contributed by atoms with Gasteiger partial charge in [-0.25, -0.2) is 13.1 Å². The van der Waals surface area contributed by atoms with Crippen molar-refractivity contribution in [3.63, 3.8) is 0 Å². The molecule has 3 aliphatic carbocycles. The van der Waals surface area contributed by atoms with E-state index in [1.54, 1.807) is 7.11 Å². The number of benzene rings is 2. The van der Waals surface area contributed by atoms with Crippen LogP contribution in [0.5, 0.6) is 5.75 Å². The first-order valence-electron chi connectivity index (χ1n) is 19.6. The predicted octanol–water partition coefficient (Wildman–Crippen LogP) is 6.57. The molecule has 10 rings (SSSR count). The average Bonchev–Trinajstić information content (AvgIpc) is 3.77. The molecule has 53 heavy (non-hydrogen) atoms. The summed E-state index contributed by atoms with van der Waals surface area (Å²) in [5.74, 6) is -0.0106. The van der Waals surface area contributed by atoms with Crippen molar-refractivity contribution in [2.24, 2.45) is 11.8 Å². The second-order valence-corrected chi connectivity index (χ2v) is 18.4. The minimum Gasteiger partial charge on any atom is -0.496 e. The Morgan fingerprint density at radius 2 is 1.75 bits per heavy atom. The molecule has 4 fully saturated rings. The molecule has 3 aromatic rings. The standard InChI is InChI=1S/C43H50N4O5S/c1-26(2)25-53(50,51)44-42(48)40-35-24-46-36(20-34-37(52-3)18-17-31(41(34)46)28-13-8-5-9-14-28)38-32(39(35)40)15-10-16-33(38)43(49)47-29-19-30(47)23-45(22-29)21-27-11-6-4-7-12-27/h4,6-7,10-12,15,17-18,20,26,28-30,33,38H,5,8-9,13-14,16,19,21-25H2,1-3H3,(H,44,48)/t29?,30?,33-,38?/m1/s1. The molecule has 5 heterocycles. The zero-order valence-corrected chi connectivity index (χ0v) is 31.8. The number of amides is 2. The Bertz CT molecular complexity index is 2180. The molecule has 10 heteroatoms. The Balaban J connectivity index is 1.11. The molecular weight excluding hydrogens is 685 g/mol. The van der Waals surface area contributed by atoms with Crippen LogP contribution in [0.25, 0.3) is 10.9 Å². The van der Waals surface area contributed by atoms with Crippen LogP contribution in [0.1, 0.15) is 87.4 Å². The molecule has 1 saturated carbocycles. The van der Waals surface area contributed by atoms with Crippen LogP contribution in [-0.2, 0) is 32.7 Å². The van der Waals surface area contributed by atoms with Crippen LogP contribution in [0.3, 0.4) is 0 Å². The number of hydrogen-bond acceptors (Lipinski definition) is 6. The first-order valence-corrected chi connectivity index (χ1v) is 21.2. The zero-order valence-electron chi connectivity index (χ0n) is 31.0. The summed E-state index contributed by atoms with van der Waals surface area (Å²) in [5.41, 5.74) is 7.90. The third kappa shape index (κ3) is 6.06. The topological polar surface area (TPSA) is 101 Å². The maximum atomic E-state index is 15.0. The smallest absolute Gasteiger partial charge is 0.265 e. The van der Waals surface area contributed by atoms with Gasteiger partial charge in [-0.2, -0.15) is 0 Å². The largest absolute Gasteiger partial charge is 0.496 e. The third-order valence-corrected chi connectivity index (χ3v) is 14.2. The summed E-state index contributed by atoms with van der Waals surface area (Å²) < 4.78 is 36.7. The van der Waals surface area contributed by atoms with E-state index in [0.29, 0.717) is 24.5 Å². The molecule has 2 bridgehead atoms. The summed E-state index contributed by atoms with van der Waals surface area (Å²) in [6.45, 7) is 6.72. The van der Waals surface area contributed by atoms with Crippen molar-refractivity contribution in [2.45, 2.75) is 95.8 Å². The normalized spacial score (nSPS) is 25.5. The molecule has 3 unspecified atom stereocenters. The molecule has 0 radical (unpaired) electrons. The number of aromatic nitrogens is 1. The van der Waals surface area contributed by atoms with E-state index < -0.39 is 15.9 Å². The lowest BCUT2D eigenvalue weighted by Crippen LogP contribution is -2.70. The lowest BCUT2D eigenvalue weighted by molar-refractivity contribution is -0.159. The monoisotopic (exact) mass is 734 g/mol. The van der Waals surface area contributed by atoms with Gasteiger partial charge in [-0.1, -0.05) is 81.7 Å². The van der Waals surface area contributed by atoms with Crippen molar-refractivity contribution in [2.75, 3.05) is 26.0 Å². The lowest BCUT2D eigenvalue weighted by Gasteiger charge is -2.57. The predicted molar refractivity (Wildman–Crippen MR) is 206 cm³/mol. The molecule has 0 spiro atoms. The number of ether oxygens (including phenoxy) is 1. The Hall–Kier alpha value is -4.15. The van der Waals surface area contributed by atoms with Gasteiger partial charge in [-0.3, -0.25) is 14.5 Å². The quantitative estimate of drug-likeness (QED) is 0.267. The summed E-state index contributed by atoms with van der Waals surface area (Å²) >= 11 is 0. The van der Waals surface area contributed by atoms with Gasteiger partial charge in [0.1, 0.15) is 5.75 Å². The highest BCUT2D eigenvalue weighted by Gasteiger charge is 2.52. The van der Waals surface area contributed by atoms with Crippen LogP contribution >= 0.6 is 0 Å². The maximum absolute atomic E-state index is 15.0. The first kappa shape index (κ1) is 34.6. The van der Waals surface area contributed by atoms with E-state index in [0.717, 1.165) is 78.0 Å². The average molecular weight is 735 g/mol. The lowest BCUT2D eigenvalue weighted by atomic mass is 9.74. The van der Waals surface area contributed by atoms with Crippen molar-refractivity contribution in [1.29, 1.82) is 0 Å². The van der Waals surface area contributed by atoms with Crippen LogP contribution in [-0.4, -0.2) is 72.6 Å². The molecule has 9 nitrogen and oxygen atoms in total. The molecule has 2 aromatic carbocycles. The molecular formula is C43H50N4O5S. The molecule has 2 amide bonds. The number of rotatable bonds is 9. The van der Waals surface area contributed by atoms with Gasteiger partial charge in [0.15, 0.2) is 0 Å². The number of sulfonamides is 1. The molecule has 278 valence electrons. The second kappa shape index (κ2) is 13.3. The van der Waals surface area contributed by atoms with Gasteiger partial charge in [0.2, 0.25) is 15.9 Å². The van der Waals surface area contributed by atoms with E-state index in [2.05, 4.69) is 73.7 Å². The Morgan fingerprint density at radius 1 is 1.00 bits per heavy atom. The van der Waals surface area contributed by atoms with Crippen molar-refractivity contribution in [3.8, 4) is 5.75 Å². The van der Waals surface area contributed by atoms with Gasteiger partial charge in [0, 0.05) is 55.3 Å². The summed E-state index contributed by atoms with van der Waals surface area (Å²) in [7, 11) is -2.10. The number of carbonyl (C=O) groups is 2. The SMILES string of the molecule is COc1ccc(C2CCCCC2)c2c1cc1n2CC2=C(C(=O)NS(=O)(=O)CC(C)C)C2=C2C=CC[C@@H](C(=O)N3C4CC3CN(Cc3ccccc3)C4)C21. The van der Waals surface area contributed by atoms with Gasteiger partial charge < -0.3 is 14.2 Å². The van der Waals surface area contributed by atoms with Gasteiger partial charge in [0.25, 0.3) is 5.91 Å². The number of nitrogens with zero attached hydrogens (tertiary/aromatic N) is 3. The Labute approximate surface area is 312 Å². The van der Waals surface area contributed by atoms with Gasteiger partial charge >= 0.3 is 0 Å². The molecule has 4 atom stereocenters. The van der Waals surface area contributed by atoms with Crippen molar-refractivity contribution >= 4 is 32.7 Å². The molecule has 7 aliphatic rings. The van der Waals surface area contributed by atoms with Crippen LogP contribution in [0.15, 0.2) is 83.0 Å². The summed E-state index contributed by atoms with van der Waals surface area (Å²) in [5, 5.41) is 1.04. The highest BCUT2D eigenvalue weighted by Crippen LogP contribution is 2.56. The molecule has 1 N–H and O–H groups in total. The van der Waals surface area contributed by atoms with Crippen molar-refractivity contribution < 1.29 is 22.7 Å². The number of carbonyl (C=O) groups excluding carboxylic acids is 2. The number of allylic oxidation sites excluding steroid dienone is 4. The molecule has 4 aliphatic heterocycles. The Kier molecular flexibility index (Phi) is 8.69. The minimum absolute atomic E-state index is 0.115. The van der Waals surface area contributed by atoms with Crippen LogP contribution in [0.4, 0.5) is 0 Å². The summed E-state index contributed by atoms with van der Waals surface area (Å²) in [6, 6.07) is 17.5. The number of piperidine rings is 1. The van der Waals surface area contributed by atoms with Crippen LogP contribution < -0.4 is 9.46 Å².